The van der Waals surface area contributed by atoms with Gasteiger partial charge in [0.25, 0.3) is 5.24 Å². The van der Waals surface area contributed by atoms with Gasteiger partial charge in [0.2, 0.25) is 0 Å². The number of carbonyl (C=O) groups is 1. The van der Waals surface area contributed by atoms with Crippen molar-refractivity contribution in [3.8, 4) is 0 Å². The highest BCUT2D eigenvalue weighted by molar-refractivity contribution is 6.67. The first-order valence-corrected chi connectivity index (χ1v) is 5.56. The lowest BCUT2D eigenvalue weighted by Gasteiger charge is -2.28. The van der Waals surface area contributed by atoms with Gasteiger partial charge in [-0.25, -0.2) is 0 Å². The Labute approximate surface area is 94.1 Å². The molecule has 0 bridgehead atoms. The molecule has 0 aliphatic carbocycles. The summed E-state index contributed by atoms with van der Waals surface area (Å²) in [6.45, 7) is 2.11. The van der Waals surface area contributed by atoms with Crippen LogP contribution in [0.5, 0.6) is 0 Å². The number of halogens is 1. The number of nitrogens with zero attached hydrogens (tertiary/aromatic N) is 2. The van der Waals surface area contributed by atoms with Crippen LogP contribution in [0.2, 0.25) is 0 Å². The summed E-state index contributed by atoms with van der Waals surface area (Å²) >= 11 is 5.39. The molecule has 80 valence electrons. The number of hydrogen-bond donors (Lipinski definition) is 0. The van der Waals surface area contributed by atoms with Crippen LogP contribution in [0.25, 0.3) is 0 Å². The molecule has 2 rings (SSSR count). The van der Waals surface area contributed by atoms with Crippen LogP contribution >= 0.6 is 11.6 Å². The van der Waals surface area contributed by atoms with Crippen molar-refractivity contribution in [3.05, 3.63) is 24.0 Å². The number of pyridine rings is 1. The molecule has 0 aromatic carbocycles. The van der Waals surface area contributed by atoms with Crippen molar-refractivity contribution in [3.63, 3.8) is 0 Å². The van der Waals surface area contributed by atoms with E-state index in [1.807, 2.05) is 6.07 Å². The molecule has 0 radical (unpaired) electrons. The Morgan fingerprint density at radius 2 is 2.07 bits per heavy atom. The summed E-state index contributed by atoms with van der Waals surface area (Å²) in [5.41, 5.74) is 1.38. The molecule has 0 N–H and O–H groups in total. The highest BCUT2D eigenvalue weighted by Gasteiger charge is 2.12. The molecule has 15 heavy (non-hydrogen) atoms. The van der Waals surface area contributed by atoms with E-state index in [-0.39, 0.29) is 0 Å². The molecule has 3 nitrogen and oxygen atoms in total. The Morgan fingerprint density at radius 3 is 2.73 bits per heavy atom. The Kier molecular flexibility index (Phi) is 3.21. The molecule has 1 aliphatic rings. The smallest absolute Gasteiger partial charge is 0.270 e. The molecule has 0 atom stereocenters. The molecule has 0 unspecified atom stereocenters. The summed E-state index contributed by atoms with van der Waals surface area (Å²) in [4.78, 5) is 17.2. The van der Waals surface area contributed by atoms with Crippen LogP contribution in [0.15, 0.2) is 18.3 Å². The summed E-state index contributed by atoms with van der Waals surface area (Å²) in [5.74, 6) is 0. The van der Waals surface area contributed by atoms with Crippen molar-refractivity contribution in [2.24, 2.45) is 0 Å². The summed E-state index contributed by atoms with van der Waals surface area (Å²) < 4.78 is 0. The van der Waals surface area contributed by atoms with Gasteiger partial charge in [0, 0.05) is 25.0 Å². The first kappa shape index (κ1) is 10.4. The number of aromatic nitrogens is 1. The Bertz CT molecular complexity index is 361. The van der Waals surface area contributed by atoms with Crippen LogP contribution in [-0.4, -0.2) is 23.3 Å². The second-order valence-corrected chi connectivity index (χ2v) is 4.06. The molecular weight excluding hydrogens is 212 g/mol. The van der Waals surface area contributed by atoms with Gasteiger partial charge in [0.05, 0.1) is 0 Å². The maximum Gasteiger partial charge on any atom is 0.270 e. The molecule has 2 heterocycles. The third kappa shape index (κ3) is 2.48. The monoisotopic (exact) mass is 224 g/mol. The minimum atomic E-state index is -0.492. The molecule has 0 amide bonds. The quantitative estimate of drug-likeness (QED) is 0.724. The zero-order valence-corrected chi connectivity index (χ0v) is 9.20. The third-order valence-corrected chi connectivity index (χ3v) is 2.86. The van der Waals surface area contributed by atoms with Gasteiger partial charge in [-0.15, -0.1) is 0 Å². The van der Waals surface area contributed by atoms with E-state index in [9.17, 15) is 4.79 Å². The van der Waals surface area contributed by atoms with E-state index in [0.29, 0.717) is 5.69 Å². The van der Waals surface area contributed by atoms with Crippen molar-refractivity contribution in [1.82, 2.24) is 4.98 Å². The number of anilines is 1. The first-order valence-electron chi connectivity index (χ1n) is 5.18. The maximum atomic E-state index is 11.0. The van der Waals surface area contributed by atoms with E-state index < -0.39 is 5.24 Å². The predicted octanol–water partition coefficient (Wildman–Crippen LogP) is 2.45. The Morgan fingerprint density at radius 1 is 1.33 bits per heavy atom. The number of piperidine rings is 1. The van der Waals surface area contributed by atoms with Crippen molar-refractivity contribution in [2.45, 2.75) is 19.3 Å². The minimum Gasteiger partial charge on any atom is -0.371 e. The zero-order chi connectivity index (χ0) is 10.7. The molecule has 1 fully saturated rings. The van der Waals surface area contributed by atoms with Crippen LogP contribution in [0.1, 0.15) is 29.8 Å². The van der Waals surface area contributed by atoms with Crippen LogP contribution in [0.4, 0.5) is 5.69 Å². The highest BCUT2D eigenvalue weighted by Crippen LogP contribution is 2.20. The summed E-state index contributed by atoms with van der Waals surface area (Å²) in [6, 6.07) is 3.69. The fraction of sp³-hybridized carbons (Fsp3) is 0.455. The van der Waals surface area contributed by atoms with E-state index in [1.165, 1.54) is 19.3 Å². The second kappa shape index (κ2) is 4.62. The lowest BCUT2D eigenvalue weighted by atomic mass is 10.1. The lowest BCUT2D eigenvalue weighted by Crippen LogP contribution is -2.29. The zero-order valence-electron chi connectivity index (χ0n) is 8.45. The summed E-state index contributed by atoms with van der Waals surface area (Å²) in [6.07, 6.45) is 5.36. The van der Waals surface area contributed by atoms with Gasteiger partial charge in [-0.3, -0.25) is 9.78 Å². The summed E-state index contributed by atoms with van der Waals surface area (Å²) in [7, 11) is 0. The molecular formula is C11H13ClN2O. The van der Waals surface area contributed by atoms with Crippen LogP contribution in [-0.2, 0) is 0 Å². The van der Waals surface area contributed by atoms with Gasteiger partial charge in [0.15, 0.2) is 0 Å². The van der Waals surface area contributed by atoms with Crippen LogP contribution in [0.3, 0.4) is 0 Å². The van der Waals surface area contributed by atoms with Gasteiger partial charge >= 0.3 is 0 Å². The Balaban J connectivity index is 2.19. The normalized spacial score (nSPS) is 16.5. The van der Waals surface area contributed by atoms with E-state index >= 15 is 0 Å². The van der Waals surface area contributed by atoms with E-state index in [1.54, 1.807) is 12.3 Å². The van der Waals surface area contributed by atoms with Gasteiger partial charge in [0.1, 0.15) is 5.69 Å². The number of rotatable bonds is 2. The van der Waals surface area contributed by atoms with Crippen molar-refractivity contribution in [2.75, 3.05) is 18.0 Å². The van der Waals surface area contributed by atoms with Crippen molar-refractivity contribution in [1.29, 1.82) is 0 Å². The average molecular weight is 225 g/mol. The molecule has 1 aliphatic heterocycles. The molecule has 4 heteroatoms. The van der Waals surface area contributed by atoms with Crippen molar-refractivity contribution < 1.29 is 4.79 Å². The number of hydrogen-bond acceptors (Lipinski definition) is 3. The van der Waals surface area contributed by atoms with Gasteiger partial charge in [-0.2, -0.15) is 0 Å². The molecule has 1 aromatic rings. The van der Waals surface area contributed by atoms with E-state index in [2.05, 4.69) is 9.88 Å². The molecule has 0 spiro atoms. The fourth-order valence-corrected chi connectivity index (χ4v) is 1.98. The SMILES string of the molecule is O=C(Cl)c1cc(N2CCCCC2)ccn1. The predicted molar refractivity (Wildman–Crippen MR) is 60.5 cm³/mol. The van der Waals surface area contributed by atoms with Crippen LogP contribution in [0, 0.1) is 0 Å². The highest BCUT2D eigenvalue weighted by atomic mass is 35.5. The van der Waals surface area contributed by atoms with E-state index in [4.69, 9.17) is 11.6 Å². The Hall–Kier alpha value is -1.09. The van der Waals surface area contributed by atoms with E-state index in [0.717, 1.165) is 18.8 Å². The third-order valence-electron chi connectivity index (χ3n) is 2.67. The van der Waals surface area contributed by atoms with Gasteiger partial charge in [-0.05, 0) is 43.0 Å². The second-order valence-electron chi connectivity index (χ2n) is 3.72. The van der Waals surface area contributed by atoms with Crippen molar-refractivity contribution >= 4 is 22.5 Å². The fourth-order valence-electron chi connectivity index (χ4n) is 1.88. The lowest BCUT2D eigenvalue weighted by molar-refractivity contribution is 0.107. The number of carbonyl (C=O) groups excluding carboxylic acids is 1. The topological polar surface area (TPSA) is 33.2 Å². The molecule has 0 saturated carbocycles. The average Bonchev–Trinajstić information content (AvgIpc) is 2.30. The van der Waals surface area contributed by atoms with Gasteiger partial charge < -0.3 is 4.90 Å². The largest absolute Gasteiger partial charge is 0.371 e. The molecule has 1 aromatic heterocycles. The summed E-state index contributed by atoms with van der Waals surface area (Å²) in [5, 5.41) is -0.492. The maximum absolute atomic E-state index is 11.0. The minimum absolute atomic E-state index is 0.333. The first-order chi connectivity index (χ1) is 7.27. The standard InChI is InChI=1S/C11H13ClN2O/c12-11(15)10-8-9(4-5-13-10)14-6-2-1-3-7-14/h4-5,8H,1-3,6-7H2. The van der Waals surface area contributed by atoms with Gasteiger partial charge in [-0.1, -0.05) is 0 Å². The molecule has 1 saturated heterocycles. The van der Waals surface area contributed by atoms with Crippen LogP contribution < -0.4 is 4.90 Å².